The van der Waals surface area contributed by atoms with Gasteiger partial charge >= 0.3 is 0 Å². The molecular formula is C16H21ClN4O3S3. The highest BCUT2D eigenvalue weighted by Gasteiger charge is 2.25. The van der Waals surface area contributed by atoms with E-state index in [0.29, 0.717) is 9.47 Å². The van der Waals surface area contributed by atoms with Gasteiger partial charge in [-0.1, -0.05) is 18.0 Å². The molecule has 0 bridgehead atoms. The fourth-order valence-electron chi connectivity index (χ4n) is 2.82. The molecular weight excluding hydrogens is 428 g/mol. The van der Waals surface area contributed by atoms with Crippen LogP contribution in [0.4, 0.5) is 5.13 Å². The summed E-state index contributed by atoms with van der Waals surface area (Å²) in [4.78, 5) is 19.0. The van der Waals surface area contributed by atoms with Crippen LogP contribution in [-0.4, -0.2) is 55.2 Å². The van der Waals surface area contributed by atoms with Gasteiger partial charge in [0, 0.05) is 19.0 Å². The van der Waals surface area contributed by atoms with E-state index in [0.717, 1.165) is 41.0 Å². The topological polar surface area (TPSA) is 82.6 Å². The molecule has 3 rings (SSSR count). The molecule has 3 heterocycles. The van der Waals surface area contributed by atoms with Gasteiger partial charge in [0.05, 0.1) is 16.6 Å². The van der Waals surface area contributed by atoms with E-state index in [1.807, 2.05) is 5.38 Å². The monoisotopic (exact) mass is 448 g/mol. The summed E-state index contributed by atoms with van der Waals surface area (Å²) in [5, 5.41) is 5.09. The number of amides is 1. The third-order valence-electron chi connectivity index (χ3n) is 4.21. The third-order valence-corrected chi connectivity index (χ3v) is 8.52. The molecule has 0 aromatic carbocycles. The molecule has 0 atom stereocenters. The molecule has 1 aliphatic rings. The first-order valence-corrected chi connectivity index (χ1v) is 12.0. The number of likely N-dealkylation sites (tertiary alicyclic amines) is 1. The van der Waals surface area contributed by atoms with E-state index in [9.17, 15) is 13.2 Å². The zero-order chi connectivity index (χ0) is 19.4. The molecule has 2 aromatic heterocycles. The molecule has 11 heteroatoms. The number of likely N-dealkylation sites (N-methyl/N-ethyl adjacent to an activating group) is 1. The van der Waals surface area contributed by atoms with Crippen LogP contribution in [0.5, 0.6) is 0 Å². The fourth-order valence-corrected chi connectivity index (χ4v) is 6.36. The summed E-state index contributed by atoms with van der Waals surface area (Å²) in [6.45, 7) is 2.64. The number of hydrogen-bond acceptors (Lipinski definition) is 7. The number of thiazole rings is 1. The Hall–Kier alpha value is -1.04. The smallest absolute Gasteiger partial charge is 0.252 e. The van der Waals surface area contributed by atoms with Crippen LogP contribution in [0.3, 0.4) is 0 Å². The summed E-state index contributed by atoms with van der Waals surface area (Å²) in [6.07, 6.45) is 3.71. The number of carbonyl (C=O) groups excluding carboxylic acids is 1. The second-order valence-corrected chi connectivity index (χ2v) is 11.2. The van der Waals surface area contributed by atoms with Crippen LogP contribution in [0.25, 0.3) is 0 Å². The van der Waals surface area contributed by atoms with E-state index in [4.69, 9.17) is 11.6 Å². The summed E-state index contributed by atoms with van der Waals surface area (Å²) < 4.78 is 26.4. The Morgan fingerprint density at radius 3 is 2.74 bits per heavy atom. The molecule has 0 aliphatic carbocycles. The minimum atomic E-state index is -3.74. The van der Waals surface area contributed by atoms with Gasteiger partial charge in [0.1, 0.15) is 4.21 Å². The minimum absolute atomic E-state index is 0.112. The average molecular weight is 449 g/mol. The quantitative estimate of drug-likeness (QED) is 0.703. The van der Waals surface area contributed by atoms with E-state index >= 15 is 0 Å². The van der Waals surface area contributed by atoms with Gasteiger partial charge < -0.3 is 5.32 Å². The van der Waals surface area contributed by atoms with Crippen LogP contribution < -0.4 is 5.32 Å². The van der Waals surface area contributed by atoms with Crippen LogP contribution in [0.2, 0.25) is 4.34 Å². The van der Waals surface area contributed by atoms with Crippen molar-refractivity contribution in [1.29, 1.82) is 0 Å². The van der Waals surface area contributed by atoms with Crippen LogP contribution in [0, 0.1) is 0 Å². The molecule has 2 aromatic rings. The molecule has 1 amide bonds. The van der Waals surface area contributed by atoms with Gasteiger partial charge in [-0.05, 0) is 38.1 Å². The first-order chi connectivity index (χ1) is 12.8. The van der Waals surface area contributed by atoms with E-state index in [1.165, 1.54) is 49.8 Å². The maximum Gasteiger partial charge on any atom is 0.252 e. The molecule has 1 N–H and O–H groups in total. The van der Waals surface area contributed by atoms with Crippen molar-refractivity contribution in [3.05, 3.63) is 27.5 Å². The number of sulfonamides is 1. The first-order valence-electron chi connectivity index (χ1n) is 8.53. The number of carbonyl (C=O) groups is 1. The van der Waals surface area contributed by atoms with Crippen molar-refractivity contribution in [3.8, 4) is 0 Å². The molecule has 0 spiro atoms. The molecule has 0 unspecified atom stereocenters. The van der Waals surface area contributed by atoms with Gasteiger partial charge in [-0.25, -0.2) is 13.4 Å². The normalized spacial score (nSPS) is 16.0. The largest absolute Gasteiger partial charge is 0.301 e. The highest BCUT2D eigenvalue weighted by Crippen LogP contribution is 2.27. The summed E-state index contributed by atoms with van der Waals surface area (Å²) in [5.74, 6) is -0.428. The van der Waals surface area contributed by atoms with Gasteiger partial charge in [0.15, 0.2) is 5.13 Å². The van der Waals surface area contributed by atoms with Crippen molar-refractivity contribution in [3.63, 3.8) is 0 Å². The summed E-state index contributed by atoms with van der Waals surface area (Å²) in [5.41, 5.74) is 0.923. The van der Waals surface area contributed by atoms with Gasteiger partial charge in [-0.3, -0.25) is 9.69 Å². The van der Waals surface area contributed by atoms with Crippen molar-refractivity contribution in [1.82, 2.24) is 14.2 Å². The number of aromatic nitrogens is 1. The number of nitrogens with zero attached hydrogens (tertiary/aromatic N) is 3. The molecule has 1 fully saturated rings. The predicted octanol–water partition coefficient (Wildman–Crippen LogP) is 3.10. The number of anilines is 1. The van der Waals surface area contributed by atoms with Crippen molar-refractivity contribution < 1.29 is 13.2 Å². The van der Waals surface area contributed by atoms with E-state index in [-0.39, 0.29) is 10.8 Å². The second kappa shape index (κ2) is 8.97. The maximum atomic E-state index is 12.4. The van der Waals surface area contributed by atoms with E-state index in [2.05, 4.69) is 15.2 Å². The Bertz CT molecular complexity index is 890. The predicted molar refractivity (Wildman–Crippen MR) is 109 cm³/mol. The Labute approximate surface area is 172 Å². The van der Waals surface area contributed by atoms with E-state index < -0.39 is 15.9 Å². The third kappa shape index (κ3) is 5.49. The van der Waals surface area contributed by atoms with Gasteiger partial charge in [-0.2, -0.15) is 4.31 Å². The Balaban J connectivity index is 1.54. The number of rotatable bonds is 7. The number of piperidine rings is 1. The average Bonchev–Trinajstić information content (AvgIpc) is 3.25. The molecule has 1 aliphatic heterocycles. The van der Waals surface area contributed by atoms with Gasteiger partial charge in [0.25, 0.3) is 10.0 Å². The van der Waals surface area contributed by atoms with Gasteiger partial charge in [-0.15, -0.1) is 22.7 Å². The molecule has 27 heavy (non-hydrogen) atoms. The summed E-state index contributed by atoms with van der Waals surface area (Å²) in [7, 11) is -2.37. The zero-order valence-electron chi connectivity index (χ0n) is 14.9. The Morgan fingerprint density at radius 2 is 2.07 bits per heavy atom. The molecule has 148 valence electrons. The zero-order valence-corrected chi connectivity index (χ0v) is 18.1. The Morgan fingerprint density at radius 1 is 1.33 bits per heavy atom. The number of halogens is 1. The number of nitrogens with one attached hydrogen (secondary N) is 1. The number of hydrogen-bond donors (Lipinski definition) is 1. The van der Waals surface area contributed by atoms with Crippen molar-refractivity contribution in [2.24, 2.45) is 0 Å². The lowest BCUT2D eigenvalue weighted by Gasteiger charge is -2.25. The van der Waals surface area contributed by atoms with Gasteiger partial charge in [0.2, 0.25) is 5.91 Å². The highest BCUT2D eigenvalue weighted by molar-refractivity contribution is 7.91. The Kier molecular flexibility index (Phi) is 6.88. The molecule has 7 nitrogen and oxygen atoms in total. The lowest BCUT2D eigenvalue weighted by molar-refractivity contribution is -0.116. The highest BCUT2D eigenvalue weighted by atomic mass is 35.5. The first kappa shape index (κ1) is 20.7. The van der Waals surface area contributed by atoms with Crippen molar-refractivity contribution >= 4 is 55.3 Å². The van der Waals surface area contributed by atoms with Crippen LogP contribution in [-0.2, 0) is 21.4 Å². The van der Waals surface area contributed by atoms with Crippen LogP contribution in [0.15, 0.2) is 21.7 Å². The second-order valence-electron chi connectivity index (χ2n) is 6.35. The number of thiophene rings is 1. The van der Waals surface area contributed by atoms with E-state index in [1.54, 1.807) is 0 Å². The van der Waals surface area contributed by atoms with Crippen molar-refractivity contribution in [2.45, 2.75) is 30.0 Å². The lowest BCUT2D eigenvalue weighted by Crippen LogP contribution is -2.34. The van der Waals surface area contributed by atoms with Crippen LogP contribution in [0.1, 0.15) is 25.0 Å². The maximum absolute atomic E-state index is 12.4. The van der Waals surface area contributed by atoms with Crippen LogP contribution >= 0.6 is 34.3 Å². The fraction of sp³-hybridized carbons (Fsp3) is 0.500. The molecule has 0 radical (unpaired) electrons. The van der Waals surface area contributed by atoms with Crippen molar-refractivity contribution in [2.75, 3.05) is 32.0 Å². The standard InChI is InChI=1S/C16H21ClN4O3S3/c1-20(27(23,24)15-6-5-13(17)26-15)10-14(22)19-16-18-12(11-25-16)9-21-7-3-2-4-8-21/h5-6,11H,2-4,7-10H2,1H3,(H,18,19,22). The summed E-state index contributed by atoms with van der Waals surface area (Å²) >= 11 is 8.11. The lowest BCUT2D eigenvalue weighted by atomic mass is 10.1. The SMILES string of the molecule is CN(CC(=O)Nc1nc(CN2CCCCC2)cs1)S(=O)(=O)c1ccc(Cl)s1. The minimum Gasteiger partial charge on any atom is -0.301 e. The molecule has 1 saturated heterocycles. The summed E-state index contributed by atoms with van der Waals surface area (Å²) in [6, 6.07) is 2.96. The molecule has 0 saturated carbocycles.